The molecule has 2 unspecified atom stereocenters. The number of nitrogens with zero attached hydrogens (tertiary/aromatic N) is 2. The summed E-state index contributed by atoms with van der Waals surface area (Å²) in [7, 11) is 0. The average molecular weight is 485 g/mol. The van der Waals surface area contributed by atoms with Crippen LogP contribution < -0.4 is 15.4 Å². The number of likely N-dealkylation sites (tertiary alicyclic amines) is 2. The lowest BCUT2D eigenvalue weighted by Crippen LogP contribution is -2.44. The number of hydrogen-bond donors (Lipinski definition) is 2. The van der Waals surface area contributed by atoms with Crippen molar-refractivity contribution in [3.8, 4) is 5.75 Å². The van der Waals surface area contributed by atoms with E-state index in [-0.39, 0.29) is 35.3 Å². The summed E-state index contributed by atoms with van der Waals surface area (Å²) in [5.41, 5.74) is 0.864. The molecule has 2 atom stereocenters. The fourth-order valence-corrected chi connectivity index (χ4v) is 5.72. The molecular formula is C27H40N4O4. The molecule has 0 bridgehead atoms. The summed E-state index contributed by atoms with van der Waals surface area (Å²) in [6, 6.07) is 7.69. The summed E-state index contributed by atoms with van der Waals surface area (Å²) >= 11 is 0. The largest absolute Gasteiger partial charge is 0.494 e. The Hall–Kier alpha value is -2.77. The summed E-state index contributed by atoms with van der Waals surface area (Å²) in [4.78, 5) is 41.1. The predicted octanol–water partition coefficient (Wildman–Crippen LogP) is 3.56. The number of benzene rings is 1. The van der Waals surface area contributed by atoms with E-state index in [9.17, 15) is 14.4 Å². The number of piperidine rings is 1. The van der Waals surface area contributed by atoms with Gasteiger partial charge in [0.25, 0.3) is 5.91 Å². The second-order valence-corrected chi connectivity index (χ2v) is 10.4. The van der Waals surface area contributed by atoms with Crippen molar-refractivity contribution in [2.45, 2.75) is 77.3 Å². The van der Waals surface area contributed by atoms with Crippen molar-refractivity contribution in [1.82, 2.24) is 20.4 Å². The van der Waals surface area contributed by atoms with Crippen molar-refractivity contribution in [2.24, 2.45) is 5.41 Å². The number of rotatable bonds is 9. The number of nitrogens with one attached hydrogen (secondary N) is 2. The monoisotopic (exact) mass is 484 g/mol. The molecule has 192 valence electrons. The van der Waals surface area contributed by atoms with Gasteiger partial charge in [-0.3, -0.25) is 9.59 Å². The molecule has 4 rings (SSSR count). The number of ether oxygens (including phenoxy) is 1. The molecule has 3 saturated heterocycles. The van der Waals surface area contributed by atoms with Gasteiger partial charge in [-0.25, -0.2) is 4.79 Å². The summed E-state index contributed by atoms with van der Waals surface area (Å²) in [5, 5.41) is 5.83. The topological polar surface area (TPSA) is 91.0 Å². The minimum absolute atomic E-state index is 0.0768. The number of carbonyl (C=O) groups is 3. The van der Waals surface area contributed by atoms with E-state index in [0.717, 1.165) is 76.9 Å². The third-order valence-electron chi connectivity index (χ3n) is 8.00. The molecule has 3 aliphatic rings. The van der Waals surface area contributed by atoms with Crippen molar-refractivity contribution < 1.29 is 19.1 Å². The molecule has 0 aromatic heterocycles. The highest BCUT2D eigenvalue weighted by Gasteiger charge is 2.42. The van der Waals surface area contributed by atoms with Gasteiger partial charge in [-0.1, -0.05) is 12.8 Å². The lowest BCUT2D eigenvalue weighted by Gasteiger charge is -2.39. The minimum Gasteiger partial charge on any atom is -0.494 e. The maximum atomic E-state index is 12.9. The smallest absolute Gasteiger partial charge is 0.315 e. The number of carbonyl (C=O) groups excluding carboxylic acids is 3. The highest BCUT2D eigenvalue weighted by molar-refractivity contribution is 5.94. The summed E-state index contributed by atoms with van der Waals surface area (Å²) in [6.45, 7) is 7.74. The Bertz CT molecular complexity index is 895. The number of urea groups is 1. The van der Waals surface area contributed by atoms with Gasteiger partial charge in [0, 0.05) is 44.2 Å². The molecule has 0 aliphatic carbocycles. The molecule has 1 aromatic rings. The number of hydrogen-bond acceptors (Lipinski definition) is 4. The molecule has 3 fully saturated rings. The van der Waals surface area contributed by atoms with Crippen LogP contribution in [0.1, 0.15) is 75.6 Å². The second-order valence-electron chi connectivity index (χ2n) is 10.4. The van der Waals surface area contributed by atoms with Crippen molar-refractivity contribution in [3.63, 3.8) is 0 Å². The van der Waals surface area contributed by atoms with Crippen LogP contribution in [0.5, 0.6) is 5.75 Å². The van der Waals surface area contributed by atoms with Crippen LogP contribution in [-0.2, 0) is 4.79 Å². The van der Waals surface area contributed by atoms with Crippen LogP contribution in [-0.4, -0.2) is 72.5 Å². The van der Waals surface area contributed by atoms with Crippen molar-refractivity contribution in [3.05, 3.63) is 29.8 Å². The highest BCUT2D eigenvalue weighted by Crippen LogP contribution is 2.41. The Morgan fingerprint density at radius 1 is 1.00 bits per heavy atom. The Morgan fingerprint density at radius 2 is 1.69 bits per heavy atom. The van der Waals surface area contributed by atoms with Crippen LogP contribution in [0.15, 0.2) is 24.3 Å². The summed E-state index contributed by atoms with van der Waals surface area (Å²) in [6.07, 6.45) is 7.43. The van der Waals surface area contributed by atoms with Gasteiger partial charge < -0.3 is 25.2 Å². The Morgan fingerprint density at radius 3 is 2.31 bits per heavy atom. The third-order valence-corrected chi connectivity index (χ3v) is 8.00. The summed E-state index contributed by atoms with van der Waals surface area (Å²) in [5.74, 6) is 1.13. The quantitative estimate of drug-likeness (QED) is 0.525. The van der Waals surface area contributed by atoms with Crippen molar-refractivity contribution in [2.75, 3.05) is 32.8 Å². The Balaban J connectivity index is 1.15. The highest BCUT2D eigenvalue weighted by atomic mass is 16.5. The first-order valence-corrected chi connectivity index (χ1v) is 13.3. The van der Waals surface area contributed by atoms with Crippen molar-refractivity contribution in [1.29, 1.82) is 0 Å². The van der Waals surface area contributed by atoms with Gasteiger partial charge in [0.1, 0.15) is 5.75 Å². The first-order chi connectivity index (χ1) is 16.9. The fraction of sp³-hybridized carbons (Fsp3) is 0.667. The van der Waals surface area contributed by atoms with E-state index < -0.39 is 0 Å². The van der Waals surface area contributed by atoms with Gasteiger partial charge in [-0.2, -0.15) is 0 Å². The van der Waals surface area contributed by atoms with Crippen LogP contribution in [0, 0.1) is 5.41 Å². The molecule has 3 aliphatic heterocycles. The molecule has 8 heteroatoms. The maximum absolute atomic E-state index is 12.9. The molecule has 1 spiro atoms. The van der Waals surface area contributed by atoms with Gasteiger partial charge in [-0.05, 0) is 75.6 Å². The summed E-state index contributed by atoms with van der Waals surface area (Å²) < 4.78 is 5.47. The Kier molecular flexibility index (Phi) is 8.19. The van der Waals surface area contributed by atoms with Crippen LogP contribution >= 0.6 is 0 Å². The van der Waals surface area contributed by atoms with E-state index in [4.69, 9.17) is 4.74 Å². The maximum Gasteiger partial charge on any atom is 0.315 e. The van der Waals surface area contributed by atoms with E-state index in [2.05, 4.69) is 10.6 Å². The lowest BCUT2D eigenvalue weighted by molar-refractivity contribution is -0.130. The number of amides is 4. The molecule has 35 heavy (non-hydrogen) atoms. The van der Waals surface area contributed by atoms with Gasteiger partial charge in [-0.15, -0.1) is 0 Å². The molecule has 8 nitrogen and oxygen atoms in total. The van der Waals surface area contributed by atoms with E-state index >= 15 is 0 Å². The van der Waals surface area contributed by atoms with Crippen LogP contribution in [0.25, 0.3) is 0 Å². The van der Waals surface area contributed by atoms with Gasteiger partial charge in [0.2, 0.25) is 5.91 Å². The van der Waals surface area contributed by atoms with E-state index in [1.807, 2.05) is 47.9 Å². The standard InChI is InChI=1S/C27H40N4O4/c1-3-35-22-11-9-21(10-12-22)25(33)30-16-13-27(14-17-30)15-18-31(19-27)24(32)8-6-4-5-7-23-20(2)28-26(34)29-23/h9-12,20,23H,3-8,13-19H2,1-2H3,(H2,28,29,34). The third kappa shape index (κ3) is 6.27. The lowest BCUT2D eigenvalue weighted by atomic mass is 9.77. The van der Waals surface area contributed by atoms with E-state index in [0.29, 0.717) is 18.6 Å². The van der Waals surface area contributed by atoms with Gasteiger partial charge in [0.15, 0.2) is 0 Å². The van der Waals surface area contributed by atoms with Crippen LogP contribution in [0.4, 0.5) is 4.79 Å². The average Bonchev–Trinajstić information content (AvgIpc) is 3.41. The second kappa shape index (κ2) is 11.3. The van der Waals surface area contributed by atoms with E-state index in [1.54, 1.807) is 0 Å². The molecular weight excluding hydrogens is 444 g/mol. The number of unbranched alkanes of at least 4 members (excludes halogenated alkanes) is 2. The molecule has 4 amide bonds. The van der Waals surface area contributed by atoms with E-state index in [1.165, 1.54) is 0 Å². The predicted molar refractivity (Wildman–Crippen MR) is 134 cm³/mol. The minimum atomic E-state index is -0.0768. The molecule has 1 aromatic carbocycles. The van der Waals surface area contributed by atoms with Gasteiger partial charge >= 0.3 is 6.03 Å². The zero-order valence-corrected chi connectivity index (χ0v) is 21.2. The van der Waals surface area contributed by atoms with Crippen LogP contribution in [0.2, 0.25) is 0 Å². The molecule has 2 N–H and O–H groups in total. The normalized spacial score (nSPS) is 23.3. The fourth-order valence-electron chi connectivity index (χ4n) is 5.72. The zero-order valence-electron chi connectivity index (χ0n) is 21.2. The SMILES string of the molecule is CCOc1ccc(C(=O)N2CCC3(CCN(C(=O)CCCCCC4NC(=O)NC4C)C3)CC2)cc1. The Labute approximate surface area is 208 Å². The van der Waals surface area contributed by atoms with Crippen LogP contribution in [0.3, 0.4) is 0 Å². The molecule has 0 radical (unpaired) electrons. The first-order valence-electron chi connectivity index (χ1n) is 13.3. The first kappa shape index (κ1) is 25.3. The van der Waals surface area contributed by atoms with Gasteiger partial charge in [0.05, 0.1) is 12.6 Å². The molecule has 3 heterocycles. The van der Waals surface area contributed by atoms with Crippen molar-refractivity contribution >= 4 is 17.8 Å². The molecule has 0 saturated carbocycles. The zero-order chi connectivity index (χ0) is 24.8.